The Hall–Kier alpha value is -1.73. The number of carbonyl (C=O) groups is 1. The number of rotatable bonds is 5. The Morgan fingerprint density at radius 2 is 2.19 bits per heavy atom. The van der Waals surface area contributed by atoms with Crippen LogP contribution in [0.25, 0.3) is 10.2 Å². The molecule has 1 fully saturated rings. The fourth-order valence-corrected chi connectivity index (χ4v) is 5.50. The van der Waals surface area contributed by atoms with Crippen LogP contribution in [0.2, 0.25) is 0 Å². The molecule has 0 spiro atoms. The summed E-state index contributed by atoms with van der Waals surface area (Å²) in [6.07, 6.45) is 8.17. The maximum absolute atomic E-state index is 12.9. The van der Waals surface area contributed by atoms with E-state index in [-0.39, 0.29) is 18.0 Å². The number of likely N-dealkylation sites (N-methyl/N-ethyl adjacent to an activating group) is 1. The number of thiophene rings is 1. The molecule has 1 aliphatic carbocycles. The van der Waals surface area contributed by atoms with Gasteiger partial charge >= 0.3 is 0 Å². The molecule has 0 saturated carbocycles. The Morgan fingerprint density at radius 1 is 1.35 bits per heavy atom. The lowest BCUT2D eigenvalue weighted by Gasteiger charge is -2.22. The Bertz CT molecular complexity index is 872. The number of amides is 1. The molecule has 1 amide bonds. The van der Waals surface area contributed by atoms with Crippen molar-refractivity contribution in [2.24, 2.45) is 0 Å². The first-order valence-corrected chi connectivity index (χ1v) is 10.5. The number of carbonyl (C=O) groups excluding carboxylic acids is 1. The summed E-state index contributed by atoms with van der Waals surface area (Å²) in [5.41, 5.74) is 1.11. The topological polar surface area (TPSA) is 67.2 Å². The fraction of sp³-hybridized carbons (Fsp3) is 0.632. The second-order valence-electron chi connectivity index (χ2n) is 7.30. The molecule has 0 radical (unpaired) electrons. The van der Waals surface area contributed by atoms with Crippen molar-refractivity contribution in [2.45, 2.75) is 58.0 Å². The van der Waals surface area contributed by atoms with E-state index < -0.39 is 0 Å². The molecule has 0 aromatic carbocycles. The van der Waals surface area contributed by atoms with Gasteiger partial charge in [-0.1, -0.05) is 6.92 Å². The van der Waals surface area contributed by atoms with Crippen molar-refractivity contribution in [1.29, 1.82) is 0 Å². The first kappa shape index (κ1) is 17.7. The van der Waals surface area contributed by atoms with Gasteiger partial charge in [-0.3, -0.25) is 19.1 Å². The third kappa shape index (κ3) is 3.30. The maximum Gasteiger partial charge on any atom is 0.262 e. The van der Waals surface area contributed by atoms with E-state index in [0.29, 0.717) is 12.6 Å². The first-order valence-electron chi connectivity index (χ1n) is 9.67. The van der Waals surface area contributed by atoms with Crippen molar-refractivity contribution >= 4 is 27.5 Å². The predicted octanol–water partition coefficient (Wildman–Crippen LogP) is 1.94. The highest BCUT2D eigenvalue weighted by atomic mass is 32.1. The Morgan fingerprint density at radius 3 is 3.04 bits per heavy atom. The molecule has 140 valence electrons. The minimum Gasteiger partial charge on any atom is -0.353 e. The summed E-state index contributed by atoms with van der Waals surface area (Å²) < 4.78 is 1.46. The van der Waals surface area contributed by atoms with Crippen molar-refractivity contribution in [2.75, 3.05) is 19.6 Å². The molecule has 1 N–H and O–H groups in total. The lowest BCUT2D eigenvalue weighted by atomic mass is 9.97. The van der Waals surface area contributed by atoms with E-state index in [1.54, 1.807) is 11.3 Å². The van der Waals surface area contributed by atoms with Crippen LogP contribution in [0.15, 0.2) is 11.1 Å². The van der Waals surface area contributed by atoms with Gasteiger partial charge in [-0.25, -0.2) is 4.98 Å². The average Bonchev–Trinajstić information content (AvgIpc) is 3.26. The summed E-state index contributed by atoms with van der Waals surface area (Å²) in [5, 5.41) is 3.75. The quantitative estimate of drug-likeness (QED) is 0.868. The van der Waals surface area contributed by atoms with Gasteiger partial charge in [0.25, 0.3) is 5.56 Å². The van der Waals surface area contributed by atoms with Gasteiger partial charge in [-0.15, -0.1) is 11.3 Å². The van der Waals surface area contributed by atoms with E-state index in [4.69, 9.17) is 0 Å². The molecule has 26 heavy (non-hydrogen) atoms. The van der Waals surface area contributed by atoms with Gasteiger partial charge in [-0.2, -0.15) is 0 Å². The summed E-state index contributed by atoms with van der Waals surface area (Å²) >= 11 is 1.64. The Labute approximate surface area is 157 Å². The Kier molecular flexibility index (Phi) is 5.09. The zero-order chi connectivity index (χ0) is 18.1. The van der Waals surface area contributed by atoms with Crippen molar-refractivity contribution in [3.8, 4) is 0 Å². The number of fused-ring (bicyclic) bond motifs is 3. The third-order valence-electron chi connectivity index (χ3n) is 5.70. The highest BCUT2D eigenvalue weighted by Gasteiger charge is 2.24. The van der Waals surface area contributed by atoms with Gasteiger partial charge in [0, 0.05) is 17.5 Å². The minimum absolute atomic E-state index is 0.0469. The third-order valence-corrected chi connectivity index (χ3v) is 6.90. The molecule has 2 aliphatic rings. The SMILES string of the molecule is CCN1CCCC1CNC(=O)Cn1cnc2sc3c(c2c1=O)CCCC3. The number of likely N-dealkylation sites (tertiary alicyclic amines) is 1. The number of aromatic nitrogens is 2. The summed E-state index contributed by atoms with van der Waals surface area (Å²) in [5.74, 6) is -0.111. The highest BCUT2D eigenvalue weighted by molar-refractivity contribution is 7.18. The molecule has 6 nitrogen and oxygen atoms in total. The molecule has 1 aliphatic heterocycles. The molecule has 7 heteroatoms. The number of aryl methyl sites for hydroxylation is 2. The zero-order valence-corrected chi connectivity index (χ0v) is 16.1. The monoisotopic (exact) mass is 374 g/mol. The molecule has 3 heterocycles. The summed E-state index contributed by atoms with van der Waals surface area (Å²) in [7, 11) is 0. The van der Waals surface area contributed by atoms with E-state index in [1.165, 1.54) is 34.2 Å². The summed E-state index contributed by atoms with van der Waals surface area (Å²) in [4.78, 5) is 34.2. The van der Waals surface area contributed by atoms with Crippen LogP contribution in [-0.4, -0.2) is 46.0 Å². The molecule has 0 bridgehead atoms. The number of nitrogens with one attached hydrogen (secondary N) is 1. The van der Waals surface area contributed by atoms with Crippen molar-refractivity contribution < 1.29 is 4.79 Å². The van der Waals surface area contributed by atoms with E-state index in [0.717, 1.165) is 49.0 Å². The van der Waals surface area contributed by atoms with E-state index in [1.807, 2.05) is 0 Å². The molecule has 4 rings (SSSR count). The van der Waals surface area contributed by atoms with Crippen LogP contribution in [0.4, 0.5) is 0 Å². The Balaban J connectivity index is 1.47. The smallest absolute Gasteiger partial charge is 0.262 e. The standard InChI is InChI=1S/C19H26N4O2S/c1-2-22-9-5-6-13(22)10-20-16(24)11-23-12-21-18-17(19(23)25)14-7-3-4-8-15(14)26-18/h12-13H,2-11H2,1H3,(H,20,24). The minimum atomic E-state index is -0.111. The lowest BCUT2D eigenvalue weighted by molar-refractivity contribution is -0.121. The molecular weight excluding hydrogens is 348 g/mol. The number of nitrogens with zero attached hydrogens (tertiary/aromatic N) is 3. The number of hydrogen-bond donors (Lipinski definition) is 1. The summed E-state index contributed by atoms with van der Waals surface area (Å²) in [6, 6.07) is 0.421. The number of hydrogen-bond acceptors (Lipinski definition) is 5. The lowest BCUT2D eigenvalue weighted by Crippen LogP contribution is -2.41. The molecule has 2 aromatic rings. The van der Waals surface area contributed by atoms with Gasteiger partial charge in [0.15, 0.2) is 0 Å². The van der Waals surface area contributed by atoms with E-state index >= 15 is 0 Å². The van der Waals surface area contributed by atoms with Crippen LogP contribution in [0.3, 0.4) is 0 Å². The highest BCUT2D eigenvalue weighted by Crippen LogP contribution is 2.33. The fourth-order valence-electron chi connectivity index (χ4n) is 4.28. The van der Waals surface area contributed by atoms with E-state index in [9.17, 15) is 9.59 Å². The van der Waals surface area contributed by atoms with Crippen LogP contribution in [0, 0.1) is 0 Å². The van der Waals surface area contributed by atoms with E-state index in [2.05, 4.69) is 22.1 Å². The molecular formula is C19H26N4O2S. The molecule has 1 atom stereocenters. The molecule has 1 saturated heterocycles. The van der Waals surface area contributed by atoms with Crippen LogP contribution < -0.4 is 10.9 Å². The van der Waals surface area contributed by atoms with Gasteiger partial charge < -0.3 is 5.32 Å². The second kappa shape index (κ2) is 7.48. The molecule has 2 aromatic heterocycles. The van der Waals surface area contributed by atoms with Gasteiger partial charge in [-0.05, 0) is 57.2 Å². The predicted molar refractivity (Wildman–Crippen MR) is 104 cm³/mol. The van der Waals surface area contributed by atoms with Crippen LogP contribution >= 0.6 is 11.3 Å². The van der Waals surface area contributed by atoms with Crippen molar-refractivity contribution in [3.63, 3.8) is 0 Å². The maximum atomic E-state index is 12.9. The van der Waals surface area contributed by atoms with Crippen molar-refractivity contribution in [3.05, 3.63) is 27.1 Å². The van der Waals surface area contributed by atoms with Gasteiger partial charge in [0.05, 0.1) is 11.7 Å². The van der Waals surface area contributed by atoms with Crippen molar-refractivity contribution in [1.82, 2.24) is 19.8 Å². The van der Waals surface area contributed by atoms with Gasteiger partial charge in [0.2, 0.25) is 5.91 Å². The summed E-state index contributed by atoms with van der Waals surface area (Å²) in [6.45, 7) is 4.99. The normalized spacial score (nSPS) is 20.4. The average molecular weight is 375 g/mol. The van der Waals surface area contributed by atoms with Gasteiger partial charge in [0.1, 0.15) is 11.4 Å². The largest absolute Gasteiger partial charge is 0.353 e. The van der Waals surface area contributed by atoms with Crippen LogP contribution in [0.5, 0.6) is 0 Å². The first-order chi connectivity index (χ1) is 12.7. The molecule has 1 unspecified atom stereocenters. The van der Waals surface area contributed by atoms with Crippen LogP contribution in [0.1, 0.15) is 43.0 Å². The zero-order valence-electron chi connectivity index (χ0n) is 15.3. The second-order valence-corrected chi connectivity index (χ2v) is 8.38. The van der Waals surface area contributed by atoms with Crippen LogP contribution in [-0.2, 0) is 24.2 Å².